The first kappa shape index (κ1) is 16.1. The Bertz CT molecular complexity index is 794. The van der Waals surface area contributed by atoms with E-state index in [9.17, 15) is 9.59 Å². The molecule has 1 aromatic heterocycles. The summed E-state index contributed by atoms with van der Waals surface area (Å²) < 4.78 is 2.07. The van der Waals surface area contributed by atoms with E-state index in [0.717, 1.165) is 24.2 Å². The molecule has 1 aromatic carbocycles. The van der Waals surface area contributed by atoms with Crippen LogP contribution in [0.3, 0.4) is 0 Å². The van der Waals surface area contributed by atoms with Gasteiger partial charge in [-0.2, -0.15) is 5.10 Å². The molecule has 130 valence electrons. The predicted molar refractivity (Wildman–Crippen MR) is 94.3 cm³/mol. The predicted octanol–water partition coefficient (Wildman–Crippen LogP) is 2.59. The highest BCUT2D eigenvalue weighted by molar-refractivity contribution is 5.97. The molecule has 5 heteroatoms. The van der Waals surface area contributed by atoms with E-state index >= 15 is 0 Å². The molecule has 0 bridgehead atoms. The minimum absolute atomic E-state index is 0.0571. The lowest BCUT2D eigenvalue weighted by atomic mass is 9.84. The SMILES string of the molecule is C[C@H]1CCc2c(c(CC3CC(=O)NC(=O)C3)nn2-c2ccccc2)C1. The second-order valence-electron chi connectivity index (χ2n) is 7.42. The molecule has 0 spiro atoms. The standard InChI is InChI=1S/C20H23N3O2/c1-13-7-8-18-16(9-13)17(10-14-11-19(24)21-20(25)12-14)22-23(18)15-5-3-2-4-6-15/h2-6,13-14H,7-12H2,1H3,(H,21,24,25)/t13-/m0/s1. The third kappa shape index (κ3) is 3.23. The molecule has 25 heavy (non-hydrogen) atoms. The number of aromatic nitrogens is 2. The second-order valence-corrected chi connectivity index (χ2v) is 7.42. The number of piperidine rings is 1. The van der Waals surface area contributed by atoms with E-state index in [1.165, 1.54) is 17.7 Å². The highest BCUT2D eigenvalue weighted by atomic mass is 16.2. The van der Waals surface area contributed by atoms with Gasteiger partial charge in [-0.25, -0.2) is 4.68 Å². The van der Waals surface area contributed by atoms with Crippen LogP contribution >= 0.6 is 0 Å². The minimum Gasteiger partial charge on any atom is -0.296 e. The van der Waals surface area contributed by atoms with Gasteiger partial charge in [0, 0.05) is 18.5 Å². The van der Waals surface area contributed by atoms with Crippen molar-refractivity contribution in [2.24, 2.45) is 11.8 Å². The number of rotatable bonds is 3. The number of benzene rings is 1. The molecule has 0 unspecified atom stereocenters. The number of nitrogens with zero attached hydrogens (tertiary/aromatic N) is 2. The Labute approximate surface area is 147 Å². The van der Waals surface area contributed by atoms with Gasteiger partial charge in [0.15, 0.2) is 0 Å². The summed E-state index contributed by atoms with van der Waals surface area (Å²) >= 11 is 0. The highest BCUT2D eigenvalue weighted by Crippen LogP contribution is 2.32. The molecule has 2 aliphatic rings. The molecule has 1 saturated heterocycles. The van der Waals surface area contributed by atoms with Crippen LogP contribution in [0.4, 0.5) is 0 Å². The van der Waals surface area contributed by atoms with Crippen LogP contribution in [-0.2, 0) is 28.9 Å². The number of para-hydroxylation sites is 1. The summed E-state index contributed by atoms with van der Waals surface area (Å²) in [6.07, 6.45) is 4.76. The number of hydrogen-bond donors (Lipinski definition) is 1. The normalized spacial score (nSPS) is 21.1. The van der Waals surface area contributed by atoms with E-state index in [-0.39, 0.29) is 17.7 Å². The van der Waals surface area contributed by atoms with Crippen LogP contribution in [0.5, 0.6) is 0 Å². The molecule has 0 radical (unpaired) electrons. The second kappa shape index (κ2) is 6.47. The van der Waals surface area contributed by atoms with Gasteiger partial charge in [0.2, 0.25) is 11.8 Å². The van der Waals surface area contributed by atoms with Crippen LogP contribution in [0.1, 0.15) is 43.1 Å². The molecule has 5 nitrogen and oxygen atoms in total. The quantitative estimate of drug-likeness (QED) is 0.876. The fourth-order valence-electron chi connectivity index (χ4n) is 4.08. The average Bonchev–Trinajstić information content (AvgIpc) is 2.92. The van der Waals surface area contributed by atoms with Gasteiger partial charge in [-0.15, -0.1) is 0 Å². The zero-order valence-corrected chi connectivity index (χ0v) is 14.5. The molecule has 1 N–H and O–H groups in total. The van der Waals surface area contributed by atoms with E-state index in [1.807, 2.05) is 18.2 Å². The summed E-state index contributed by atoms with van der Waals surface area (Å²) in [7, 11) is 0. The number of carbonyl (C=O) groups excluding carboxylic acids is 2. The summed E-state index contributed by atoms with van der Waals surface area (Å²) in [5.41, 5.74) is 4.78. The highest BCUT2D eigenvalue weighted by Gasteiger charge is 2.30. The zero-order chi connectivity index (χ0) is 17.4. The molecule has 2 heterocycles. The van der Waals surface area contributed by atoms with Crippen molar-refractivity contribution in [1.29, 1.82) is 0 Å². The fraction of sp³-hybridized carbons (Fsp3) is 0.450. The third-order valence-electron chi connectivity index (χ3n) is 5.31. The molecule has 1 aliphatic heterocycles. The van der Waals surface area contributed by atoms with E-state index < -0.39 is 0 Å². The molecule has 1 atom stereocenters. The van der Waals surface area contributed by atoms with Crippen LogP contribution in [-0.4, -0.2) is 21.6 Å². The van der Waals surface area contributed by atoms with Crippen molar-refractivity contribution in [3.63, 3.8) is 0 Å². The van der Waals surface area contributed by atoms with Crippen molar-refractivity contribution in [3.8, 4) is 5.69 Å². The fourth-order valence-corrected chi connectivity index (χ4v) is 4.08. The number of amides is 2. The van der Waals surface area contributed by atoms with E-state index in [4.69, 9.17) is 5.10 Å². The van der Waals surface area contributed by atoms with Gasteiger partial charge < -0.3 is 0 Å². The maximum Gasteiger partial charge on any atom is 0.226 e. The Balaban J connectivity index is 1.69. The summed E-state index contributed by atoms with van der Waals surface area (Å²) in [6, 6.07) is 10.2. The van der Waals surface area contributed by atoms with Crippen molar-refractivity contribution in [3.05, 3.63) is 47.3 Å². The maximum absolute atomic E-state index is 11.7. The first-order valence-corrected chi connectivity index (χ1v) is 9.08. The minimum atomic E-state index is -0.161. The van der Waals surface area contributed by atoms with E-state index in [2.05, 4.69) is 29.1 Å². The lowest BCUT2D eigenvalue weighted by molar-refractivity contribution is -0.134. The molecule has 1 fully saturated rings. The number of carbonyl (C=O) groups is 2. The molecule has 0 saturated carbocycles. The van der Waals surface area contributed by atoms with Gasteiger partial charge in [0.25, 0.3) is 0 Å². The lowest BCUT2D eigenvalue weighted by Crippen LogP contribution is -2.39. The molecular formula is C20H23N3O2. The zero-order valence-electron chi connectivity index (χ0n) is 14.5. The van der Waals surface area contributed by atoms with Crippen LogP contribution in [0, 0.1) is 11.8 Å². The van der Waals surface area contributed by atoms with Crippen molar-refractivity contribution >= 4 is 11.8 Å². The number of nitrogens with one attached hydrogen (secondary N) is 1. The maximum atomic E-state index is 11.7. The van der Waals surface area contributed by atoms with Crippen LogP contribution in [0.15, 0.2) is 30.3 Å². The van der Waals surface area contributed by atoms with Gasteiger partial charge in [0.1, 0.15) is 0 Å². The van der Waals surface area contributed by atoms with E-state index in [1.54, 1.807) is 0 Å². The van der Waals surface area contributed by atoms with Crippen molar-refractivity contribution < 1.29 is 9.59 Å². The van der Waals surface area contributed by atoms with Crippen LogP contribution < -0.4 is 5.32 Å². The lowest BCUT2D eigenvalue weighted by Gasteiger charge is -2.22. The van der Waals surface area contributed by atoms with Crippen molar-refractivity contribution in [2.45, 2.75) is 45.4 Å². The number of hydrogen-bond acceptors (Lipinski definition) is 3. The number of imide groups is 1. The Hall–Kier alpha value is -2.43. The molecule has 4 rings (SSSR count). The summed E-state index contributed by atoms with van der Waals surface area (Å²) in [5.74, 6) is 0.384. The van der Waals surface area contributed by atoms with Gasteiger partial charge in [-0.05, 0) is 55.2 Å². The van der Waals surface area contributed by atoms with Gasteiger partial charge in [0.05, 0.1) is 11.4 Å². The van der Waals surface area contributed by atoms with Gasteiger partial charge in [-0.3, -0.25) is 14.9 Å². The Morgan fingerprint density at radius 3 is 2.56 bits per heavy atom. The topological polar surface area (TPSA) is 64.0 Å². The summed E-state index contributed by atoms with van der Waals surface area (Å²) in [5, 5.41) is 7.31. The summed E-state index contributed by atoms with van der Waals surface area (Å²) in [6.45, 7) is 2.28. The summed E-state index contributed by atoms with van der Waals surface area (Å²) in [4.78, 5) is 23.4. The van der Waals surface area contributed by atoms with Crippen LogP contribution in [0.25, 0.3) is 5.69 Å². The van der Waals surface area contributed by atoms with Crippen LogP contribution in [0.2, 0.25) is 0 Å². The average molecular weight is 337 g/mol. The molecule has 2 aromatic rings. The van der Waals surface area contributed by atoms with Crippen molar-refractivity contribution in [1.82, 2.24) is 15.1 Å². The Morgan fingerprint density at radius 2 is 1.84 bits per heavy atom. The molecule has 2 amide bonds. The first-order chi connectivity index (χ1) is 12.1. The first-order valence-electron chi connectivity index (χ1n) is 9.08. The van der Waals surface area contributed by atoms with E-state index in [0.29, 0.717) is 25.2 Å². The number of fused-ring (bicyclic) bond motifs is 1. The van der Waals surface area contributed by atoms with Gasteiger partial charge in [-0.1, -0.05) is 25.1 Å². The third-order valence-corrected chi connectivity index (χ3v) is 5.31. The van der Waals surface area contributed by atoms with Gasteiger partial charge >= 0.3 is 0 Å². The largest absolute Gasteiger partial charge is 0.296 e. The monoisotopic (exact) mass is 337 g/mol. The molecular weight excluding hydrogens is 314 g/mol. The smallest absolute Gasteiger partial charge is 0.226 e. The van der Waals surface area contributed by atoms with Crippen molar-refractivity contribution in [2.75, 3.05) is 0 Å². The Kier molecular flexibility index (Phi) is 4.15. The molecule has 1 aliphatic carbocycles. The Morgan fingerprint density at radius 1 is 1.12 bits per heavy atom.